The molecule has 29 heavy (non-hydrogen) atoms. The van der Waals surface area contributed by atoms with Crippen LogP contribution in [0.25, 0.3) is 0 Å². The Hall–Kier alpha value is -1.44. The van der Waals surface area contributed by atoms with Gasteiger partial charge >= 0.3 is 0 Å². The normalized spacial score (nSPS) is 29.0. The smallest absolute Gasteiger partial charge is 0.225 e. The first-order valence-electron chi connectivity index (χ1n) is 11.0. The Morgan fingerprint density at radius 3 is 2.72 bits per heavy atom. The summed E-state index contributed by atoms with van der Waals surface area (Å²) in [6.45, 7) is 7.96. The van der Waals surface area contributed by atoms with Gasteiger partial charge < -0.3 is 15.0 Å². The summed E-state index contributed by atoms with van der Waals surface area (Å²) in [5, 5.41) is 5.25. The molecule has 160 valence electrons. The van der Waals surface area contributed by atoms with Crippen molar-refractivity contribution < 1.29 is 14.3 Å². The van der Waals surface area contributed by atoms with E-state index in [0.29, 0.717) is 31.5 Å². The Morgan fingerprint density at radius 2 is 2.07 bits per heavy atom. The van der Waals surface area contributed by atoms with Crippen molar-refractivity contribution in [3.8, 4) is 0 Å². The number of thiophene rings is 1. The van der Waals surface area contributed by atoms with Gasteiger partial charge in [-0.05, 0) is 44.1 Å². The van der Waals surface area contributed by atoms with Gasteiger partial charge in [-0.15, -0.1) is 11.3 Å². The zero-order valence-corrected chi connectivity index (χ0v) is 18.3. The van der Waals surface area contributed by atoms with Gasteiger partial charge in [0.25, 0.3) is 0 Å². The summed E-state index contributed by atoms with van der Waals surface area (Å²) in [6.07, 6.45) is 3.10. The van der Waals surface area contributed by atoms with Crippen LogP contribution < -0.4 is 5.32 Å². The third-order valence-electron chi connectivity index (χ3n) is 6.66. The van der Waals surface area contributed by atoms with Crippen LogP contribution in [0.1, 0.15) is 44.4 Å². The zero-order chi connectivity index (χ0) is 20.4. The SMILES string of the molecule is CCN(CC)C(=O)C[C@@H]1OC[C@@H]2[C@H]1[C@H](CC(=O)NC1CC1)CN2Cc1cccs1. The zero-order valence-electron chi connectivity index (χ0n) is 17.5. The van der Waals surface area contributed by atoms with Gasteiger partial charge in [0.1, 0.15) is 0 Å². The Labute approximate surface area is 177 Å². The van der Waals surface area contributed by atoms with Gasteiger partial charge in [-0.1, -0.05) is 6.07 Å². The number of fused-ring (bicyclic) bond motifs is 1. The number of carbonyl (C=O) groups excluding carboxylic acids is 2. The van der Waals surface area contributed by atoms with Gasteiger partial charge in [0.05, 0.1) is 19.1 Å². The fraction of sp³-hybridized carbons (Fsp3) is 0.727. The molecule has 1 aromatic rings. The molecular weight excluding hydrogens is 386 g/mol. The fourth-order valence-corrected chi connectivity index (χ4v) is 5.76. The molecule has 2 saturated heterocycles. The summed E-state index contributed by atoms with van der Waals surface area (Å²) < 4.78 is 6.17. The first-order valence-corrected chi connectivity index (χ1v) is 11.9. The number of nitrogens with zero attached hydrogens (tertiary/aromatic N) is 2. The molecule has 2 amide bonds. The number of ether oxygens (including phenoxy) is 1. The van der Waals surface area contributed by atoms with Crippen molar-refractivity contribution in [2.45, 2.75) is 64.3 Å². The first kappa shape index (κ1) is 20.8. The number of likely N-dealkylation sites (tertiary alicyclic amines) is 1. The van der Waals surface area contributed by atoms with E-state index in [2.05, 4.69) is 27.7 Å². The molecule has 0 unspecified atom stereocenters. The number of rotatable bonds is 9. The second kappa shape index (κ2) is 9.14. The van der Waals surface area contributed by atoms with E-state index in [1.165, 1.54) is 4.88 Å². The second-order valence-electron chi connectivity index (χ2n) is 8.60. The maximum Gasteiger partial charge on any atom is 0.225 e. The molecule has 1 saturated carbocycles. The quantitative estimate of drug-likeness (QED) is 0.668. The van der Waals surface area contributed by atoms with Crippen molar-refractivity contribution in [1.29, 1.82) is 0 Å². The summed E-state index contributed by atoms with van der Waals surface area (Å²) in [5.41, 5.74) is 0. The minimum Gasteiger partial charge on any atom is -0.376 e. The van der Waals surface area contributed by atoms with Gasteiger partial charge in [0.2, 0.25) is 11.8 Å². The Balaban J connectivity index is 1.45. The van der Waals surface area contributed by atoms with Crippen LogP contribution >= 0.6 is 11.3 Å². The van der Waals surface area contributed by atoms with E-state index in [1.54, 1.807) is 11.3 Å². The molecule has 4 atom stereocenters. The summed E-state index contributed by atoms with van der Waals surface area (Å²) in [6, 6.07) is 4.95. The molecular formula is C22H33N3O3S. The lowest BCUT2D eigenvalue weighted by Crippen LogP contribution is -2.37. The fourth-order valence-electron chi connectivity index (χ4n) is 5.03. The molecule has 3 aliphatic rings. The summed E-state index contributed by atoms with van der Waals surface area (Å²) in [5.74, 6) is 0.823. The Morgan fingerprint density at radius 1 is 1.28 bits per heavy atom. The van der Waals surface area contributed by atoms with Gasteiger partial charge in [0, 0.05) is 55.5 Å². The van der Waals surface area contributed by atoms with Crippen molar-refractivity contribution >= 4 is 23.2 Å². The van der Waals surface area contributed by atoms with Gasteiger partial charge in [-0.2, -0.15) is 0 Å². The molecule has 1 aliphatic carbocycles. The minimum absolute atomic E-state index is 0.0832. The summed E-state index contributed by atoms with van der Waals surface area (Å²) in [4.78, 5) is 31.0. The lowest BCUT2D eigenvalue weighted by Gasteiger charge is -2.26. The molecule has 2 aliphatic heterocycles. The van der Waals surface area contributed by atoms with Crippen molar-refractivity contribution in [1.82, 2.24) is 15.1 Å². The lowest BCUT2D eigenvalue weighted by molar-refractivity contribution is -0.133. The third-order valence-corrected chi connectivity index (χ3v) is 7.52. The van der Waals surface area contributed by atoms with Gasteiger partial charge in [0.15, 0.2) is 0 Å². The van der Waals surface area contributed by atoms with E-state index in [4.69, 9.17) is 4.74 Å². The Kier molecular flexibility index (Phi) is 6.56. The molecule has 7 heteroatoms. The number of carbonyl (C=O) groups is 2. The largest absolute Gasteiger partial charge is 0.376 e. The highest BCUT2D eigenvalue weighted by atomic mass is 32.1. The van der Waals surface area contributed by atoms with Crippen molar-refractivity contribution in [3.63, 3.8) is 0 Å². The monoisotopic (exact) mass is 419 g/mol. The predicted molar refractivity (Wildman–Crippen MR) is 114 cm³/mol. The number of hydrogen-bond acceptors (Lipinski definition) is 5. The first-order chi connectivity index (χ1) is 14.1. The molecule has 0 radical (unpaired) electrons. The molecule has 0 aromatic carbocycles. The van der Waals surface area contributed by atoms with E-state index in [-0.39, 0.29) is 29.8 Å². The summed E-state index contributed by atoms with van der Waals surface area (Å²) >= 11 is 1.77. The van der Waals surface area contributed by atoms with Gasteiger partial charge in [-0.25, -0.2) is 0 Å². The van der Waals surface area contributed by atoms with Crippen LogP contribution in [-0.4, -0.2) is 66.0 Å². The van der Waals surface area contributed by atoms with E-state index >= 15 is 0 Å². The van der Waals surface area contributed by atoms with Crippen LogP contribution in [0.5, 0.6) is 0 Å². The van der Waals surface area contributed by atoms with E-state index < -0.39 is 0 Å². The second-order valence-corrected chi connectivity index (χ2v) is 9.63. The molecule has 3 heterocycles. The van der Waals surface area contributed by atoms with Gasteiger partial charge in [-0.3, -0.25) is 14.5 Å². The van der Waals surface area contributed by atoms with E-state index in [0.717, 1.165) is 39.0 Å². The Bertz CT molecular complexity index is 702. The van der Waals surface area contributed by atoms with E-state index in [9.17, 15) is 9.59 Å². The van der Waals surface area contributed by atoms with Crippen LogP contribution in [0, 0.1) is 11.8 Å². The molecule has 1 N–H and O–H groups in total. The third kappa shape index (κ3) is 4.84. The molecule has 4 rings (SSSR count). The molecule has 0 bridgehead atoms. The van der Waals surface area contributed by atoms with Crippen LogP contribution in [0.15, 0.2) is 17.5 Å². The number of amides is 2. The topological polar surface area (TPSA) is 61.9 Å². The predicted octanol–water partition coefficient (Wildman–Crippen LogP) is 2.49. The average Bonchev–Trinajstić information content (AvgIpc) is 3.08. The van der Waals surface area contributed by atoms with Crippen molar-refractivity contribution in [3.05, 3.63) is 22.4 Å². The number of hydrogen-bond donors (Lipinski definition) is 1. The van der Waals surface area contributed by atoms with Crippen LogP contribution in [0.3, 0.4) is 0 Å². The van der Waals surface area contributed by atoms with Crippen LogP contribution in [0.2, 0.25) is 0 Å². The molecule has 3 fully saturated rings. The minimum atomic E-state index is -0.0832. The standard InChI is InChI=1S/C22H33N3O3S/c1-3-24(4-2)21(27)11-19-22-15(10-20(26)23-16-7-8-16)12-25(18(22)14-28-19)13-17-6-5-9-29-17/h5-6,9,15-16,18-19,22H,3-4,7-8,10-14H2,1-2H3,(H,23,26)/t15-,18-,19+,22-/m1/s1. The number of nitrogens with one attached hydrogen (secondary N) is 1. The van der Waals surface area contributed by atoms with Crippen LogP contribution in [0.4, 0.5) is 0 Å². The highest BCUT2D eigenvalue weighted by molar-refractivity contribution is 7.09. The highest BCUT2D eigenvalue weighted by Crippen LogP contribution is 2.42. The average molecular weight is 420 g/mol. The maximum absolute atomic E-state index is 12.7. The molecule has 6 nitrogen and oxygen atoms in total. The van der Waals surface area contributed by atoms with E-state index in [1.807, 2.05) is 18.7 Å². The van der Waals surface area contributed by atoms with Crippen molar-refractivity contribution in [2.75, 3.05) is 26.2 Å². The molecule has 1 aromatic heterocycles. The maximum atomic E-state index is 12.7. The highest BCUT2D eigenvalue weighted by Gasteiger charge is 2.51. The summed E-state index contributed by atoms with van der Waals surface area (Å²) in [7, 11) is 0. The van der Waals surface area contributed by atoms with Crippen molar-refractivity contribution in [2.24, 2.45) is 11.8 Å². The lowest BCUT2D eigenvalue weighted by atomic mass is 9.84. The van der Waals surface area contributed by atoms with Crippen LogP contribution in [-0.2, 0) is 20.9 Å². The molecule has 0 spiro atoms.